The number of aryl methyl sites for hydroxylation is 2. The third kappa shape index (κ3) is 5.21. The second-order valence-electron chi connectivity index (χ2n) is 7.68. The molecule has 2 aromatic carbocycles. The maximum absolute atomic E-state index is 14.0. The van der Waals surface area contributed by atoms with E-state index in [-0.39, 0.29) is 36.1 Å². The molecule has 0 spiro atoms. The number of halogens is 3. The van der Waals surface area contributed by atoms with Crippen LogP contribution in [0.2, 0.25) is 10.0 Å². The van der Waals surface area contributed by atoms with Gasteiger partial charge in [0.1, 0.15) is 23.8 Å². The fourth-order valence-corrected chi connectivity index (χ4v) is 3.95. The maximum Gasteiger partial charge on any atom is 0.227 e. The van der Waals surface area contributed by atoms with E-state index in [1.54, 1.807) is 11.0 Å². The number of hydrogen-bond acceptors (Lipinski definition) is 3. The molecule has 156 valence electrons. The number of carbonyl (C=O) groups excluding carboxylic acids is 1. The average molecular weight is 440 g/mol. The second-order valence-corrected chi connectivity index (χ2v) is 8.47. The van der Waals surface area contributed by atoms with E-state index in [1.807, 2.05) is 26.0 Å². The number of rotatable bonds is 5. The molecule has 7 heteroatoms. The summed E-state index contributed by atoms with van der Waals surface area (Å²) in [6, 6.07) is 7.99. The highest BCUT2D eigenvalue weighted by Gasteiger charge is 2.36. The lowest BCUT2D eigenvalue weighted by atomic mass is 9.93. The van der Waals surface area contributed by atoms with Gasteiger partial charge in [-0.05, 0) is 62.1 Å². The fourth-order valence-electron chi connectivity index (χ4n) is 3.61. The number of hydrogen-bond donors (Lipinski definition) is 1. The molecule has 1 unspecified atom stereocenters. The molecule has 0 aromatic heterocycles. The molecule has 0 saturated carbocycles. The van der Waals surface area contributed by atoms with E-state index in [1.165, 1.54) is 12.1 Å². The van der Waals surface area contributed by atoms with Gasteiger partial charge < -0.3 is 14.7 Å². The largest absolute Gasteiger partial charge is 0.491 e. The van der Waals surface area contributed by atoms with E-state index in [0.29, 0.717) is 30.2 Å². The minimum atomic E-state index is -1.17. The Labute approximate surface area is 180 Å². The molecule has 0 bridgehead atoms. The van der Waals surface area contributed by atoms with Gasteiger partial charge in [0, 0.05) is 22.2 Å². The summed E-state index contributed by atoms with van der Waals surface area (Å²) in [5.41, 5.74) is 0.803. The number of amides is 1. The Kier molecular flexibility index (Phi) is 6.72. The fraction of sp³-hybridized carbons (Fsp3) is 0.409. The van der Waals surface area contributed by atoms with Gasteiger partial charge in [-0.3, -0.25) is 4.79 Å². The van der Waals surface area contributed by atoms with E-state index in [4.69, 9.17) is 27.9 Å². The van der Waals surface area contributed by atoms with Gasteiger partial charge >= 0.3 is 0 Å². The van der Waals surface area contributed by atoms with Crippen molar-refractivity contribution in [2.24, 2.45) is 0 Å². The second kappa shape index (κ2) is 8.90. The number of benzene rings is 2. The lowest BCUT2D eigenvalue weighted by Gasteiger charge is -2.39. The molecule has 1 heterocycles. The molecule has 3 rings (SSSR count). The van der Waals surface area contributed by atoms with Crippen LogP contribution in [0, 0.1) is 19.7 Å². The highest BCUT2D eigenvalue weighted by atomic mass is 35.5. The Morgan fingerprint density at radius 1 is 1.28 bits per heavy atom. The van der Waals surface area contributed by atoms with Gasteiger partial charge in [0.15, 0.2) is 0 Å². The number of likely N-dealkylation sites (tertiary alicyclic amines) is 1. The summed E-state index contributed by atoms with van der Waals surface area (Å²) in [4.78, 5) is 14.2. The van der Waals surface area contributed by atoms with Crippen molar-refractivity contribution in [1.82, 2.24) is 4.90 Å². The van der Waals surface area contributed by atoms with E-state index in [9.17, 15) is 14.3 Å². The zero-order valence-corrected chi connectivity index (χ0v) is 18.0. The highest BCUT2D eigenvalue weighted by Crippen LogP contribution is 2.28. The van der Waals surface area contributed by atoms with Crippen LogP contribution in [-0.2, 0) is 11.2 Å². The molecule has 2 aromatic rings. The Bertz CT molecular complexity index is 878. The first-order chi connectivity index (χ1) is 13.7. The van der Waals surface area contributed by atoms with Crippen molar-refractivity contribution in [1.29, 1.82) is 0 Å². The van der Waals surface area contributed by atoms with Gasteiger partial charge in [-0.25, -0.2) is 4.39 Å². The number of nitrogens with zero attached hydrogens (tertiary/aromatic N) is 1. The lowest BCUT2D eigenvalue weighted by molar-refractivity contribution is -0.139. The number of β-amino-alcohol motifs (C(OH)–C–C–N with tert-alkyl or cyclic N) is 1. The summed E-state index contributed by atoms with van der Waals surface area (Å²) >= 11 is 12.2. The average Bonchev–Trinajstić information content (AvgIpc) is 2.67. The quantitative estimate of drug-likeness (QED) is 0.732. The van der Waals surface area contributed by atoms with E-state index in [0.717, 1.165) is 11.1 Å². The molecule has 1 N–H and O–H groups in total. The third-order valence-corrected chi connectivity index (χ3v) is 6.17. The van der Waals surface area contributed by atoms with Gasteiger partial charge in [-0.15, -0.1) is 0 Å². The Morgan fingerprint density at radius 2 is 1.97 bits per heavy atom. The molecule has 1 fully saturated rings. The van der Waals surface area contributed by atoms with E-state index in [2.05, 4.69) is 0 Å². The van der Waals surface area contributed by atoms with Crippen LogP contribution in [0.5, 0.6) is 5.75 Å². The zero-order valence-electron chi connectivity index (χ0n) is 16.5. The SMILES string of the molecule is Cc1cc(OCC2(O)CCCN(C(=O)Cc3c(F)cccc3Cl)C2)cc(C)c1Cl. The molecule has 0 radical (unpaired) electrons. The summed E-state index contributed by atoms with van der Waals surface area (Å²) in [6.45, 7) is 4.48. The molecular weight excluding hydrogens is 416 g/mol. The summed E-state index contributed by atoms with van der Waals surface area (Å²) in [5.74, 6) is -0.150. The van der Waals surface area contributed by atoms with Crippen molar-refractivity contribution in [3.05, 3.63) is 62.9 Å². The molecule has 0 aliphatic carbocycles. The lowest BCUT2D eigenvalue weighted by Crippen LogP contribution is -2.53. The number of ether oxygens (including phenoxy) is 1. The Balaban J connectivity index is 1.65. The Hall–Kier alpha value is -1.82. The first kappa shape index (κ1) is 21.9. The molecule has 1 atom stereocenters. The van der Waals surface area contributed by atoms with E-state index >= 15 is 0 Å². The van der Waals surface area contributed by atoms with Crippen LogP contribution in [-0.4, -0.2) is 41.2 Å². The molecule has 1 aliphatic rings. The predicted molar refractivity (Wildman–Crippen MR) is 112 cm³/mol. The molecule has 1 amide bonds. The van der Waals surface area contributed by atoms with Crippen molar-refractivity contribution in [3.8, 4) is 5.75 Å². The van der Waals surface area contributed by atoms with Crippen molar-refractivity contribution in [2.45, 2.75) is 38.7 Å². The van der Waals surface area contributed by atoms with Crippen LogP contribution in [0.15, 0.2) is 30.3 Å². The van der Waals surface area contributed by atoms with Crippen molar-refractivity contribution in [3.63, 3.8) is 0 Å². The van der Waals surface area contributed by atoms with Gasteiger partial charge in [-0.1, -0.05) is 29.3 Å². The van der Waals surface area contributed by atoms with Gasteiger partial charge in [0.05, 0.1) is 13.0 Å². The van der Waals surface area contributed by atoms with Crippen LogP contribution in [0.1, 0.15) is 29.5 Å². The topological polar surface area (TPSA) is 49.8 Å². The number of aliphatic hydroxyl groups is 1. The van der Waals surface area contributed by atoms with Crippen molar-refractivity contribution >= 4 is 29.1 Å². The summed E-state index contributed by atoms with van der Waals surface area (Å²) in [6.07, 6.45) is 1.01. The van der Waals surface area contributed by atoms with Crippen LogP contribution < -0.4 is 4.74 Å². The maximum atomic E-state index is 14.0. The standard InChI is InChI=1S/C22H24Cl2FNO3/c1-14-9-16(10-15(2)21(14)24)29-13-22(28)7-4-8-26(12-22)20(27)11-17-18(23)5-3-6-19(17)25/h3,5-6,9-10,28H,4,7-8,11-13H2,1-2H3. The van der Waals surface area contributed by atoms with Gasteiger partial charge in [0.25, 0.3) is 0 Å². The van der Waals surface area contributed by atoms with Crippen LogP contribution >= 0.6 is 23.2 Å². The predicted octanol–water partition coefficient (Wildman–Crippen LogP) is 4.72. The third-order valence-electron chi connectivity index (χ3n) is 5.22. The minimum absolute atomic E-state index is 0.0533. The Morgan fingerprint density at radius 3 is 2.62 bits per heavy atom. The van der Waals surface area contributed by atoms with Crippen molar-refractivity contribution < 1.29 is 19.0 Å². The van der Waals surface area contributed by atoms with Gasteiger partial charge in [0.2, 0.25) is 5.91 Å². The zero-order chi connectivity index (χ0) is 21.2. The molecule has 29 heavy (non-hydrogen) atoms. The van der Waals surface area contributed by atoms with Gasteiger partial charge in [-0.2, -0.15) is 0 Å². The van der Waals surface area contributed by atoms with E-state index < -0.39 is 11.4 Å². The summed E-state index contributed by atoms with van der Waals surface area (Å²) < 4.78 is 19.8. The van der Waals surface area contributed by atoms with Crippen molar-refractivity contribution in [2.75, 3.05) is 19.7 Å². The monoisotopic (exact) mass is 439 g/mol. The molecular formula is C22H24Cl2FNO3. The smallest absolute Gasteiger partial charge is 0.227 e. The normalized spacial score (nSPS) is 19.3. The van der Waals surface area contributed by atoms with Crippen LogP contribution in [0.3, 0.4) is 0 Å². The molecule has 4 nitrogen and oxygen atoms in total. The van der Waals surface area contributed by atoms with Crippen LogP contribution in [0.25, 0.3) is 0 Å². The minimum Gasteiger partial charge on any atom is -0.491 e. The first-order valence-electron chi connectivity index (χ1n) is 9.51. The summed E-state index contributed by atoms with van der Waals surface area (Å²) in [7, 11) is 0. The first-order valence-corrected chi connectivity index (χ1v) is 10.3. The highest BCUT2D eigenvalue weighted by molar-refractivity contribution is 6.32. The number of piperidine rings is 1. The molecule has 1 saturated heterocycles. The molecule has 1 aliphatic heterocycles. The summed E-state index contributed by atoms with van der Waals surface area (Å²) in [5, 5.41) is 11.9. The number of carbonyl (C=O) groups is 1. The van der Waals surface area contributed by atoms with Crippen LogP contribution in [0.4, 0.5) is 4.39 Å².